The van der Waals surface area contributed by atoms with E-state index >= 15 is 0 Å². The van der Waals surface area contributed by atoms with Crippen molar-refractivity contribution in [3.63, 3.8) is 0 Å². The van der Waals surface area contributed by atoms with Crippen LogP contribution in [0.2, 0.25) is 0 Å². The molecule has 2 amide bonds. The van der Waals surface area contributed by atoms with Crippen molar-refractivity contribution in [2.24, 2.45) is 0 Å². The number of piperazine rings is 1. The molecule has 1 aliphatic rings. The van der Waals surface area contributed by atoms with Crippen molar-refractivity contribution in [2.45, 2.75) is 23.9 Å². The molecule has 0 unspecified atom stereocenters. The second-order valence-electron chi connectivity index (χ2n) is 7.89. The molecule has 10 nitrogen and oxygen atoms in total. The van der Waals surface area contributed by atoms with E-state index in [4.69, 9.17) is 0 Å². The topological polar surface area (TPSA) is 119 Å². The number of aromatic amines is 1. The second-order valence-corrected chi connectivity index (χ2v) is 8.93. The van der Waals surface area contributed by atoms with Crippen LogP contribution in [0.1, 0.15) is 23.1 Å². The number of carbonyl (C=O) groups excluding carboxylic acids is 2. The number of nitrogens with zero attached hydrogens (tertiary/aromatic N) is 5. The largest absolute Gasteiger partial charge is 0.335 e. The van der Waals surface area contributed by atoms with Crippen LogP contribution in [0.15, 0.2) is 46.5 Å². The predicted octanol–water partition coefficient (Wildman–Crippen LogP) is 2.75. The van der Waals surface area contributed by atoms with Crippen LogP contribution in [-0.4, -0.2) is 75.0 Å². The highest BCUT2D eigenvalue weighted by Gasteiger charge is 2.23. The van der Waals surface area contributed by atoms with E-state index in [-0.39, 0.29) is 11.8 Å². The van der Waals surface area contributed by atoms with Crippen molar-refractivity contribution >= 4 is 40.9 Å². The predicted molar refractivity (Wildman–Crippen MR) is 127 cm³/mol. The number of aryl methyl sites for hydroxylation is 1. The van der Waals surface area contributed by atoms with Gasteiger partial charge in [-0.3, -0.25) is 14.7 Å². The van der Waals surface area contributed by atoms with E-state index in [1.807, 2.05) is 49.2 Å². The summed E-state index contributed by atoms with van der Waals surface area (Å²) in [6.45, 7) is 6.36. The number of amides is 2. The molecule has 3 aromatic rings. The molecule has 0 saturated carbocycles. The second kappa shape index (κ2) is 10.0. The van der Waals surface area contributed by atoms with Crippen molar-refractivity contribution in [1.29, 1.82) is 0 Å². The summed E-state index contributed by atoms with van der Waals surface area (Å²) in [5, 5.41) is 13.4. The standard InChI is InChI=1S/C22H26N8O2S/c1-14-12-20(28-27-14)25-19-13-18(21(32)30-10-8-29(3)9-11-30)24-22(26-19)33-17-6-4-16(5-7-17)23-15(2)31/h4-7,12-13H,8-11H2,1-3H3,(H,23,31)(H2,24,25,26,27,28). The number of anilines is 3. The molecule has 4 rings (SSSR count). The first-order chi connectivity index (χ1) is 15.9. The number of H-pyrrole nitrogens is 1. The maximum atomic E-state index is 13.2. The van der Waals surface area contributed by atoms with Gasteiger partial charge in [0, 0.05) is 61.5 Å². The van der Waals surface area contributed by atoms with Gasteiger partial charge in [-0.1, -0.05) is 0 Å². The third-order valence-electron chi connectivity index (χ3n) is 5.06. The fraction of sp³-hybridized carbons (Fsp3) is 0.318. The number of benzene rings is 1. The molecule has 0 radical (unpaired) electrons. The minimum Gasteiger partial charge on any atom is -0.335 e. The SMILES string of the molecule is CC(=O)Nc1ccc(Sc2nc(Nc3cc(C)[nH]n3)cc(C(=O)N3CCN(C)CC3)n2)cc1. The van der Waals surface area contributed by atoms with Crippen LogP contribution in [0, 0.1) is 6.92 Å². The first-order valence-electron chi connectivity index (χ1n) is 10.6. The van der Waals surface area contributed by atoms with Gasteiger partial charge in [0.2, 0.25) is 5.91 Å². The summed E-state index contributed by atoms with van der Waals surface area (Å²) in [5.41, 5.74) is 1.96. The van der Waals surface area contributed by atoms with Gasteiger partial charge < -0.3 is 20.4 Å². The Morgan fingerprint density at radius 3 is 2.39 bits per heavy atom. The van der Waals surface area contributed by atoms with Crippen molar-refractivity contribution in [1.82, 2.24) is 30.0 Å². The van der Waals surface area contributed by atoms with Crippen molar-refractivity contribution in [3.05, 3.63) is 47.8 Å². The summed E-state index contributed by atoms with van der Waals surface area (Å²) in [4.78, 5) is 38.5. The van der Waals surface area contributed by atoms with Crippen LogP contribution < -0.4 is 10.6 Å². The summed E-state index contributed by atoms with van der Waals surface area (Å²) >= 11 is 1.34. The minimum atomic E-state index is -0.127. The van der Waals surface area contributed by atoms with E-state index in [1.165, 1.54) is 18.7 Å². The lowest BCUT2D eigenvalue weighted by Crippen LogP contribution is -2.47. The number of likely N-dealkylation sites (N-methyl/N-ethyl adjacent to an activating group) is 1. The molecule has 0 atom stereocenters. The van der Waals surface area contributed by atoms with E-state index in [0.29, 0.717) is 41.3 Å². The van der Waals surface area contributed by atoms with Crippen LogP contribution in [0.4, 0.5) is 17.3 Å². The molecule has 1 aromatic carbocycles. The molecular formula is C22H26N8O2S. The van der Waals surface area contributed by atoms with Crippen LogP contribution >= 0.6 is 11.8 Å². The molecule has 0 spiro atoms. The fourth-order valence-electron chi connectivity index (χ4n) is 3.34. The van der Waals surface area contributed by atoms with Crippen LogP contribution in [0.25, 0.3) is 0 Å². The highest BCUT2D eigenvalue weighted by Crippen LogP contribution is 2.28. The summed E-state index contributed by atoms with van der Waals surface area (Å²) in [6, 6.07) is 10.9. The van der Waals surface area contributed by atoms with E-state index in [1.54, 1.807) is 6.07 Å². The molecule has 3 N–H and O–H groups in total. The Balaban J connectivity index is 1.59. The molecule has 1 saturated heterocycles. The molecular weight excluding hydrogens is 440 g/mol. The lowest BCUT2D eigenvalue weighted by atomic mass is 10.2. The van der Waals surface area contributed by atoms with E-state index in [2.05, 4.69) is 35.7 Å². The van der Waals surface area contributed by atoms with Gasteiger partial charge in [-0.2, -0.15) is 5.10 Å². The van der Waals surface area contributed by atoms with Gasteiger partial charge >= 0.3 is 0 Å². The Labute approximate surface area is 196 Å². The molecule has 11 heteroatoms. The number of rotatable bonds is 6. The first-order valence-corrected chi connectivity index (χ1v) is 11.4. The Kier molecular flexibility index (Phi) is 6.90. The van der Waals surface area contributed by atoms with Crippen molar-refractivity contribution in [2.75, 3.05) is 43.9 Å². The molecule has 1 fully saturated rings. The minimum absolute atomic E-state index is 0.116. The lowest BCUT2D eigenvalue weighted by Gasteiger charge is -2.32. The average molecular weight is 467 g/mol. The van der Waals surface area contributed by atoms with E-state index < -0.39 is 0 Å². The summed E-state index contributed by atoms with van der Waals surface area (Å²) in [7, 11) is 2.05. The maximum Gasteiger partial charge on any atom is 0.272 e. The van der Waals surface area contributed by atoms with Gasteiger partial charge in [0.1, 0.15) is 11.5 Å². The first kappa shape index (κ1) is 22.7. The Hall–Kier alpha value is -3.44. The summed E-state index contributed by atoms with van der Waals surface area (Å²) < 4.78 is 0. The number of aromatic nitrogens is 4. The number of hydrogen-bond donors (Lipinski definition) is 3. The maximum absolute atomic E-state index is 13.2. The Morgan fingerprint density at radius 2 is 1.76 bits per heavy atom. The zero-order valence-corrected chi connectivity index (χ0v) is 19.6. The molecule has 172 valence electrons. The molecule has 1 aliphatic heterocycles. The zero-order chi connectivity index (χ0) is 23.4. The lowest BCUT2D eigenvalue weighted by molar-refractivity contribution is -0.114. The smallest absolute Gasteiger partial charge is 0.272 e. The van der Waals surface area contributed by atoms with Crippen molar-refractivity contribution in [3.8, 4) is 0 Å². The molecule has 2 aromatic heterocycles. The van der Waals surface area contributed by atoms with Gasteiger partial charge in [-0.05, 0) is 50.0 Å². The van der Waals surface area contributed by atoms with E-state index in [9.17, 15) is 9.59 Å². The number of nitrogens with one attached hydrogen (secondary N) is 3. The summed E-state index contributed by atoms with van der Waals surface area (Å²) in [5.74, 6) is 0.860. The van der Waals surface area contributed by atoms with Gasteiger partial charge in [-0.15, -0.1) is 0 Å². The van der Waals surface area contributed by atoms with Gasteiger partial charge in [0.15, 0.2) is 11.0 Å². The van der Waals surface area contributed by atoms with Crippen LogP contribution in [0.5, 0.6) is 0 Å². The molecule has 0 bridgehead atoms. The third-order valence-corrected chi connectivity index (χ3v) is 5.93. The van der Waals surface area contributed by atoms with Crippen LogP contribution in [-0.2, 0) is 4.79 Å². The van der Waals surface area contributed by atoms with Gasteiger partial charge in [-0.25, -0.2) is 9.97 Å². The zero-order valence-electron chi connectivity index (χ0n) is 18.8. The van der Waals surface area contributed by atoms with Gasteiger partial charge in [0.05, 0.1) is 0 Å². The molecule has 33 heavy (non-hydrogen) atoms. The van der Waals surface area contributed by atoms with E-state index in [0.717, 1.165) is 23.7 Å². The average Bonchev–Trinajstić information content (AvgIpc) is 3.19. The summed E-state index contributed by atoms with van der Waals surface area (Å²) in [6.07, 6.45) is 0. The highest BCUT2D eigenvalue weighted by molar-refractivity contribution is 7.99. The Morgan fingerprint density at radius 1 is 1.03 bits per heavy atom. The third kappa shape index (κ3) is 6.08. The fourth-order valence-corrected chi connectivity index (χ4v) is 4.12. The normalized spacial score (nSPS) is 14.2. The highest BCUT2D eigenvalue weighted by atomic mass is 32.2. The monoisotopic (exact) mass is 466 g/mol. The number of carbonyl (C=O) groups is 2. The van der Waals surface area contributed by atoms with Crippen molar-refractivity contribution < 1.29 is 9.59 Å². The molecule has 3 heterocycles. The Bertz CT molecular complexity index is 1140. The quantitative estimate of drug-likeness (QED) is 0.475. The van der Waals surface area contributed by atoms with Crippen LogP contribution in [0.3, 0.4) is 0 Å². The van der Waals surface area contributed by atoms with Gasteiger partial charge in [0.25, 0.3) is 5.91 Å². The number of hydrogen-bond acceptors (Lipinski definition) is 8. The molecule has 0 aliphatic carbocycles.